The van der Waals surface area contributed by atoms with Crippen molar-refractivity contribution in [3.63, 3.8) is 0 Å². The van der Waals surface area contributed by atoms with Crippen LogP contribution in [0, 0.1) is 6.92 Å². The average Bonchev–Trinajstić information content (AvgIpc) is 2.65. The number of carboxylic acid groups (broad SMARTS) is 1. The van der Waals surface area contributed by atoms with Gasteiger partial charge in [-0.15, -0.1) is 0 Å². The molecule has 0 radical (unpaired) electrons. The van der Waals surface area contributed by atoms with Crippen molar-refractivity contribution in [1.29, 1.82) is 0 Å². The van der Waals surface area contributed by atoms with Crippen LogP contribution in [0.3, 0.4) is 0 Å². The molecule has 2 heterocycles. The van der Waals surface area contributed by atoms with Crippen molar-refractivity contribution < 1.29 is 14.7 Å². The van der Waals surface area contributed by atoms with Crippen LogP contribution >= 0.6 is 0 Å². The highest BCUT2D eigenvalue weighted by Gasteiger charge is 2.19. The van der Waals surface area contributed by atoms with Gasteiger partial charge in [-0.2, -0.15) is 0 Å². The second-order valence-electron chi connectivity index (χ2n) is 4.52. The highest BCUT2D eigenvalue weighted by atomic mass is 16.4. The lowest BCUT2D eigenvalue weighted by Gasteiger charge is -2.07. The van der Waals surface area contributed by atoms with Gasteiger partial charge in [0.15, 0.2) is 0 Å². The zero-order valence-corrected chi connectivity index (χ0v) is 11.3. The molecule has 20 heavy (non-hydrogen) atoms. The van der Waals surface area contributed by atoms with Gasteiger partial charge < -0.3 is 15.0 Å². The Labute approximate surface area is 116 Å². The van der Waals surface area contributed by atoms with Gasteiger partial charge in [-0.05, 0) is 24.6 Å². The van der Waals surface area contributed by atoms with Crippen LogP contribution in [0.2, 0.25) is 0 Å². The fraction of sp³-hybridized carbons (Fsp3) is 0.214. The van der Waals surface area contributed by atoms with E-state index in [0.29, 0.717) is 16.9 Å². The van der Waals surface area contributed by atoms with Gasteiger partial charge in [-0.25, -0.2) is 4.79 Å². The second kappa shape index (κ2) is 5.56. The summed E-state index contributed by atoms with van der Waals surface area (Å²) in [4.78, 5) is 27.1. The van der Waals surface area contributed by atoms with Crippen molar-refractivity contribution in [1.82, 2.24) is 9.55 Å². The van der Waals surface area contributed by atoms with E-state index in [0.717, 1.165) is 0 Å². The lowest BCUT2D eigenvalue weighted by molar-refractivity contribution is -0.115. The number of carbonyl (C=O) groups is 2. The van der Waals surface area contributed by atoms with E-state index in [1.165, 1.54) is 6.20 Å². The number of rotatable bonds is 4. The number of amides is 1. The summed E-state index contributed by atoms with van der Waals surface area (Å²) in [6, 6.07) is 3.43. The van der Waals surface area contributed by atoms with Crippen LogP contribution in [0.1, 0.15) is 21.6 Å². The Kier molecular flexibility index (Phi) is 3.84. The third-order valence-electron chi connectivity index (χ3n) is 2.98. The smallest absolute Gasteiger partial charge is 0.337 e. The van der Waals surface area contributed by atoms with Gasteiger partial charge in [0, 0.05) is 25.1 Å². The summed E-state index contributed by atoms with van der Waals surface area (Å²) in [5, 5.41) is 11.9. The maximum atomic E-state index is 12.0. The Balaban J connectivity index is 2.18. The maximum Gasteiger partial charge on any atom is 0.337 e. The molecule has 2 rings (SSSR count). The van der Waals surface area contributed by atoms with Crippen molar-refractivity contribution in [2.75, 3.05) is 5.32 Å². The number of aryl methyl sites for hydroxylation is 2. The molecule has 2 aromatic heterocycles. The summed E-state index contributed by atoms with van der Waals surface area (Å²) in [6.45, 7) is 1.71. The van der Waals surface area contributed by atoms with Crippen LogP contribution in [0.4, 0.5) is 5.69 Å². The van der Waals surface area contributed by atoms with Crippen molar-refractivity contribution in [3.05, 3.63) is 47.5 Å². The molecule has 0 saturated heterocycles. The Morgan fingerprint density at radius 3 is 2.80 bits per heavy atom. The van der Waals surface area contributed by atoms with Crippen LogP contribution in [0.15, 0.2) is 30.7 Å². The first-order valence-electron chi connectivity index (χ1n) is 6.07. The Morgan fingerprint density at radius 1 is 1.45 bits per heavy atom. The summed E-state index contributed by atoms with van der Waals surface area (Å²) in [5.41, 5.74) is 1.90. The van der Waals surface area contributed by atoms with Crippen LogP contribution in [-0.4, -0.2) is 26.5 Å². The molecule has 2 aromatic rings. The van der Waals surface area contributed by atoms with E-state index in [1.807, 2.05) is 0 Å². The fourth-order valence-corrected chi connectivity index (χ4v) is 2.14. The highest BCUT2D eigenvalue weighted by Crippen LogP contribution is 2.17. The molecule has 0 aliphatic heterocycles. The van der Waals surface area contributed by atoms with Crippen LogP contribution in [-0.2, 0) is 18.3 Å². The molecule has 0 atom stereocenters. The second-order valence-corrected chi connectivity index (χ2v) is 4.52. The van der Waals surface area contributed by atoms with Crippen molar-refractivity contribution in [3.8, 4) is 0 Å². The Hall–Kier alpha value is -2.63. The number of anilines is 1. The quantitative estimate of drug-likeness (QED) is 0.886. The van der Waals surface area contributed by atoms with E-state index in [-0.39, 0.29) is 17.9 Å². The standard InChI is InChI=1S/C14H15N3O3/c1-9-8-17(2)11(13(9)14(19)20)6-12(18)16-10-4-3-5-15-7-10/h3-5,7-8H,6H2,1-2H3,(H,16,18)(H,19,20). The molecule has 2 N–H and O–H groups in total. The minimum absolute atomic E-state index is 0.000861. The maximum absolute atomic E-state index is 12.0. The monoisotopic (exact) mass is 273 g/mol. The van der Waals surface area contributed by atoms with Gasteiger partial charge in [0.05, 0.1) is 23.9 Å². The number of carbonyl (C=O) groups excluding carboxylic acids is 1. The molecule has 0 aromatic carbocycles. The van der Waals surface area contributed by atoms with Crippen LogP contribution < -0.4 is 5.32 Å². The molecule has 0 bridgehead atoms. The van der Waals surface area contributed by atoms with Crippen molar-refractivity contribution in [2.24, 2.45) is 7.05 Å². The summed E-state index contributed by atoms with van der Waals surface area (Å²) < 4.78 is 1.67. The topological polar surface area (TPSA) is 84.2 Å². The minimum atomic E-state index is -1.02. The zero-order chi connectivity index (χ0) is 14.7. The number of hydrogen-bond donors (Lipinski definition) is 2. The van der Waals surface area contributed by atoms with Gasteiger partial charge >= 0.3 is 5.97 Å². The lowest BCUT2D eigenvalue weighted by Crippen LogP contribution is -2.18. The van der Waals surface area contributed by atoms with Gasteiger partial charge in [0.25, 0.3) is 0 Å². The van der Waals surface area contributed by atoms with E-state index < -0.39 is 5.97 Å². The molecule has 104 valence electrons. The molecule has 0 aliphatic carbocycles. The average molecular weight is 273 g/mol. The van der Waals surface area contributed by atoms with E-state index in [2.05, 4.69) is 10.3 Å². The Bertz CT molecular complexity index is 647. The molecule has 6 nitrogen and oxygen atoms in total. The molecular formula is C14H15N3O3. The molecular weight excluding hydrogens is 258 g/mol. The van der Waals surface area contributed by atoms with E-state index in [9.17, 15) is 14.7 Å². The normalized spacial score (nSPS) is 10.3. The number of pyridine rings is 1. The summed E-state index contributed by atoms with van der Waals surface area (Å²) in [6.07, 6.45) is 4.85. The molecule has 0 aliphatic rings. The molecule has 0 saturated carbocycles. The van der Waals surface area contributed by atoms with Gasteiger partial charge in [0.2, 0.25) is 5.91 Å². The molecule has 0 fully saturated rings. The first kappa shape index (κ1) is 13.8. The third kappa shape index (κ3) is 2.85. The highest BCUT2D eigenvalue weighted by molar-refractivity contribution is 5.96. The molecule has 0 spiro atoms. The number of hydrogen-bond acceptors (Lipinski definition) is 3. The van der Waals surface area contributed by atoms with Crippen molar-refractivity contribution >= 4 is 17.6 Å². The molecule has 6 heteroatoms. The molecule has 0 unspecified atom stereocenters. The molecule has 1 amide bonds. The van der Waals surface area contributed by atoms with E-state index >= 15 is 0 Å². The fourth-order valence-electron chi connectivity index (χ4n) is 2.14. The van der Waals surface area contributed by atoms with E-state index in [1.54, 1.807) is 43.1 Å². The van der Waals surface area contributed by atoms with Gasteiger partial charge in [-0.1, -0.05) is 0 Å². The first-order valence-corrected chi connectivity index (χ1v) is 6.07. The van der Waals surface area contributed by atoms with Gasteiger partial charge in [-0.3, -0.25) is 9.78 Å². The van der Waals surface area contributed by atoms with Crippen LogP contribution in [0.5, 0.6) is 0 Å². The summed E-state index contributed by atoms with van der Waals surface area (Å²) in [5.74, 6) is -1.30. The number of aromatic nitrogens is 2. The lowest BCUT2D eigenvalue weighted by atomic mass is 10.1. The number of aromatic carboxylic acids is 1. The third-order valence-corrected chi connectivity index (χ3v) is 2.98. The summed E-state index contributed by atoms with van der Waals surface area (Å²) in [7, 11) is 1.73. The number of nitrogens with one attached hydrogen (secondary N) is 1. The van der Waals surface area contributed by atoms with Gasteiger partial charge in [0.1, 0.15) is 0 Å². The largest absolute Gasteiger partial charge is 0.478 e. The zero-order valence-electron chi connectivity index (χ0n) is 11.3. The van der Waals surface area contributed by atoms with Crippen molar-refractivity contribution in [2.45, 2.75) is 13.3 Å². The first-order chi connectivity index (χ1) is 9.49. The minimum Gasteiger partial charge on any atom is -0.478 e. The summed E-state index contributed by atoms with van der Waals surface area (Å²) >= 11 is 0. The Morgan fingerprint density at radius 2 is 2.20 bits per heavy atom. The predicted octanol–water partition coefficient (Wildman–Crippen LogP) is 1.61. The van der Waals surface area contributed by atoms with E-state index in [4.69, 9.17) is 0 Å². The predicted molar refractivity (Wildman–Crippen MR) is 73.7 cm³/mol. The van der Waals surface area contributed by atoms with Crippen LogP contribution in [0.25, 0.3) is 0 Å². The SMILES string of the molecule is Cc1cn(C)c(CC(=O)Nc2cccnc2)c1C(=O)O. The number of nitrogens with zero attached hydrogens (tertiary/aromatic N) is 2. The number of carboxylic acids is 1.